The summed E-state index contributed by atoms with van der Waals surface area (Å²) < 4.78 is 15.0. The van der Waals surface area contributed by atoms with E-state index in [1.807, 2.05) is 13.1 Å². The maximum absolute atomic E-state index is 13.2. The summed E-state index contributed by atoms with van der Waals surface area (Å²) in [6, 6.07) is 5.04. The van der Waals surface area contributed by atoms with Crippen molar-refractivity contribution >= 4 is 0 Å². The van der Waals surface area contributed by atoms with E-state index >= 15 is 0 Å². The van der Waals surface area contributed by atoms with Crippen LogP contribution in [0.3, 0.4) is 0 Å². The Balaban J connectivity index is 2.53. The molecule has 14 heavy (non-hydrogen) atoms. The van der Waals surface area contributed by atoms with Crippen LogP contribution in [0.1, 0.15) is 5.56 Å². The third kappa shape index (κ3) is 1.39. The molecule has 0 radical (unpaired) electrons. The van der Waals surface area contributed by atoms with E-state index in [2.05, 4.69) is 10.2 Å². The number of hydrogen-bond acceptors (Lipinski definition) is 2. The van der Waals surface area contributed by atoms with E-state index in [0.29, 0.717) is 11.4 Å². The first kappa shape index (κ1) is 8.87. The van der Waals surface area contributed by atoms with Gasteiger partial charge >= 0.3 is 0 Å². The zero-order chi connectivity index (χ0) is 10.1. The number of halogens is 1. The summed E-state index contributed by atoms with van der Waals surface area (Å²) in [5, 5.41) is 7.64. The van der Waals surface area contributed by atoms with Gasteiger partial charge in [0, 0.05) is 12.6 Å². The predicted molar refractivity (Wildman–Crippen MR) is 51.1 cm³/mol. The van der Waals surface area contributed by atoms with Crippen LogP contribution in [0.25, 0.3) is 11.4 Å². The molecule has 0 amide bonds. The molecule has 0 spiro atoms. The Morgan fingerprint density at radius 1 is 1.36 bits per heavy atom. The first-order valence-corrected chi connectivity index (χ1v) is 4.29. The Kier molecular flexibility index (Phi) is 2.04. The van der Waals surface area contributed by atoms with Crippen LogP contribution in [-0.2, 0) is 7.05 Å². The lowest BCUT2D eigenvalue weighted by Gasteiger charge is -2.01. The number of aryl methyl sites for hydroxylation is 2. The first-order chi connectivity index (χ1) is 6.68. The van der Waals surface area contributed by atoms with Crippen LogP contribution >= 0.6 is 0 Å². The fraction of sp³-hybridized carbons (Fsp3) is 0.200. The molecule has 2 aromatic rings. The molecule has 4 heteroatoms. The number of benzene rings is 1. The van der Waals surface area contributed by atoms with Gasteiger partial charge in [-0.05, 0) is 18.6 Å². The predicted octanol–water partition coefficient (Wildman–Crippen LogP) is 1.93. The molecular weight excluding hydrogens is 181 g/mol. The van der Waals surface area contributed by atoms with Crippen LogP contribution < -0.4 is 0 Å². The fourth-order valence-corrected chi connectivity index (χ4v) is 1.28. The van der Waals surface area contributed by atoms with Crippen molar-refractivity contribution in [3.05, 3.63) is 35.9 Å². The Morgan fingerprint density at radius 3 is 2.71 bits per heavy atom. The lowest BCUT2D eigenvalue weighted by Crippen LogP contribution is -1.92. The molecule has 0 aliphatic rings. The van der Waals surface area contributed by atoms with Crippen molar-refractivity contribution in [2.24, 2.45) is 7.05 Å². The van der Waals surface area contributed by atoms with Gasteiger partial charge < -0.3 is 4.57 Å². The lowest BCUT2D eigenvalue weighted by atomic mass is 10.1. The van der Waals surface area contributed by atoms with Gasteiger partial charge in [-0.3, -0.25) is 0 Å². The van der Waals surface area contributed by atoms with Crippen molar-refractivity contribution in [3.63, 3.8) is 0 Å². The van der Waals surface area contributed by atoms with Crippen LogP contribution in [-0.4, -0.2) is 14.8 Å². The largest absolute Gasteiger partial charge is 0.317 e. The number of rotatable bonds is 1. The molecule has 0 saturated carbocycles. The average Bonchev–Trinajstić information content (AvgIpc) is 2.57. The summed E-state index contributed by atoms with van der Waals surface area (Å²) in [4.78, 5) is 0. The number of aromatic nitrogens is 3. The van der Waals surface area contributed by atoms with E-state index in [1.165, 1.54) is 6.07 Å². The minimum absolute atomic E-state index is 0.217. The molecule has 0 saturated heterocycles. The molecule has 1 heterocycles. The normalized spacial score (nSPS) is 10.5. The van der Waals surface area contributed by atoms with Crippen LogP contribution in [0, 0.1) is 12.7 Å². The standard InChI is InChI=1S/C10H10FN3/c1-7-3-4-8(5-9(7)11)10-13-12-6-14(10)2/h3-6H,1-2H3. The fourth-order valence-electron chi connectivity index (χ4n) is 1.28. The van der Waals surface area contributed by atoms with Gasteiger partial charge in [-0.1, -0.05) is 12.1 Å². The molecule has 3 nitrogen and oxygen atoms in total. The van der Waals surface area contributed by atoms with Crippen LogP contribution in [0.2, 0.25) is 0 Å². The molecule has 1 aromatic heterocycles. The Hall–Kier alpha value is -1.71. The minimum atomic E-state index is -0.217. The van der Waals surface area contributed by atoms with Gasteiger partial charge in [0.15, 0.2) is 5.82 Å². The molecule has 0 aliphatic carbocycles. The highest BCUT2D eigenvalue weighted by Gasteiger charge is 2.06. The van der Waals surface area contributed by atoms with Gasteiger partial charge in [0.25, 0.3) is 0 Å². The zero-order valence-corrected chi connectivity index (χ0v) is 8.03. The highest BCUT2D eigenvalue weighted by molar-refractivity contribution is 5.55. The Morgan fingerprint density at radius 2 is 2.14 bits per heavy atom. The topological polar surface area (TPSA) is 30.7 Å². The van der Waals surface area contributed by atoms with E-state index in [-0.39, 0.29) is 5.82 Å². The quantitative estimate of drug-likeness (QED) is 0.689. The maximum Gasteiger partial charge on any atom is 0.163 e. The second-order valence-electron chi connectivity index (χ2n) is 3.23. The van der Waals surface area contributed by atoms with Crippen LogP contribution in [0.15, 0.2) is 24.5 Å². The molecule has 72 valence electrons. The summed E-state index contributed by atoms with van der Waals surface area (Å²) in [5.74, 6) is 0.453. The Labute approximate surface area is 81.2 Å². The molecule has 0 aliphatic heterocycles. The third-order valence-electron chi connectivity index (χ3n) is 2.14. The highest BCUT2D eigenvalue weighted by atomic mass is 19.1. The van der Waals surface area contributed by atoms with Crippen molar-refractivity contribution in [2.45, 2.75) is 6.92 Å². The molecule has 0 fully saturated rings. The van der Waals surface area contributed by atoms with Gasteiger partial charge in [0.05, 0.1) is 0 Å². The van der Waals surface area contributed by atoms with Crippen molar-refractivity contribution in [3.8, 4) is 11.4 Å². The maximum atomic E-state index is 13.2. The molecule has 0 N–H and O–H groups in total. The van der Waals surface area contributed by atoms with E-state index in [1.54, 1.807) is 23.9 Å². The smallest absolute Gasteiger partial charge is 0.163 e. The van der Waals surface area contributed by atoms with Gasteiger partial charge in [-0.25, -0.2) is 4.39 Å². The summed E-state index contributed by atoms with van der Waals surface area (Å²) >= 11 is 0. The van der Waals surface area contributed by atoms with Crippen molar-refractivity contribution in [1.29, 1.82) is 0 Å². The first-order valence-electron chi connectivity index (χ1n) is 4.29. The number of nitrogens with zero attached hydrogens (tertiary/aromatic N) is 3. The SMILES string of the molecule is Cc1ccc(-c2nncn2C)cc1F. The molecule has 2 rings (SSSR count). The van der Waals surface area contributed by atoms with Crippen molar-refractivity contribution in [1.82, 2.24) is 14.8 Å². The average molecular weight is 191 g/mol. The van der Waals surface area contributed by atoms with E-state index in [9.17, 15) is 4.39 Å². The third-order valence-corrected chi connectivity index (χ3v) is 2.14. The minimum Gasteiger partial charge on any atom is -0.317 e. The molecule has 0 bridgehead atoms. The monoisotopic (exact) mass is 191 g/mol. The van der Waals surface area contributed by atoms with E-state index < -0.39 is 0 Å². The van der Waals surface area contributed by atoms with Crippen LogP contribution in [0.5, 0.6) is 0 Å². The summed E-state index contributed by atoms with van der Waals surface area (Å²) in [5.41, 5.74) is 1.38. The number of hydrogen-bond donors (Lipinski definition) is 0. The lowest BCUT2D eigenvalue weighted by molar-refractivity contribution is 0.619. The van der Waals surface area contributed by atoms with Crippen molar-refractivity contribution < 1.29 is 4.39 Å². The van der Waals surface area contributed by atoms with E-state index in [0.717, 1.165) is 5.56 Å². The second-order valence-corrected chi connectivity index (χ2v) is 3.23. The molecular formula is C10H10FN3. The molecule has 0 unspecified atom stereocenters. The molecule has 0 atom stereocenters. The van der Waals surface area contributed by atoms with Gasteiger partial charge in [0.2, 0.25) is 0 Å². The summed E-state index contributed by atoms with van der Waals surface area (Å²) in [6.45, 7) is 1.73. The Bertz CT molecular complexity index is 462. The van der Waals surface area contributed by atoms with Crippen LogP contribution in [0.4, 0.5) is 4.39 Å². The van der Waals surface area contributed by atoms with E-state index in [4.69, 9.17) is 0 Å². The van der Waals surface area contributed by atoms with Gasteiger partial charge in [-0.15, -0.1) is 10.2 Å². The summed E-state index contributed by atoms with van der Waals surface area (Å²) in [7, 11) is 1.83. The zero-order valence-electron chi connectivity index (χ0n) is 8.03. The van der Waals surface area contributed by atoms with Gasteiger partial charge in [-0.2, -0.15) is 0 Å². The van der Waals surface area contributed by atoms with Gasteiger partial charge in [0.1, 0.15) is 12.1 Å². The summed E-state index contributed by atoms with van der Waals surface area (Å²) in [6.07, 6.45) is 1.59. The second kappa shape index (κ2) is 3.21. The molecule has 1 aromatic carbocycles. The highest BCUT2D eigenvalue weighted by Crippen LogP contribution is 2.18. The van der Waals surface area contributed by atoms with Crippen molar-refractivity contribution in [2.75, 3.05) is 0 Å².